The Morgan fingerprint density at radius 1 is 1.05 bits per heavy atom. The monoisotopic (exact) mass is 270 g/mol. The van der Waals surface area contributed by atoms with E-state index < -0.39 is 37.3 Å². The largest absolute Gasteiger partial charge is 0.394 e. The first kappa shape index (κ1) is 14.4. The predicted octanol–water partition coefficient (Wildman–Crippen LogP) is -0.997. The van der Waals surface area contributed by atoms with Gasteiger partial charge in [-0.05, 0) is 5.56 Å². The fourth-order valence-corrected chi connectivity index (χ4v) is 2.03. The van der Waals surface area contributed by atoms with Crippen LogP contribution >= 0.6 is 0 Å². The third-order valence-corrected chi connectivity index (χ3v) is 3.13. The van der Waals surface area contributed by atoms with Crippen LogP contribution < -0.4 is 0 Å². The Bertz CT molecular complexity index is 384. The van der Waals surface area contributed by atoms with Crippen molar-refractivity contribution in [2.24, 2.45) is 0 Å². The van der Waals surface area contributed by atoms with Gasteiger partial charge < -0.3 is 29.9 Å². The van der Waals surface area contributed by atoms with Gasteiger partial charge in [0.1, 0.15) is 24.4 Å². The molecular weight excluding hydrogens is 252 g/mol. The molecule has 6 heteroatoms. The minimum absolute atomic E-state index is 0.185. The first-order valence-corrected chi connectivity index (χ1v) is 6.09. The standard InChI is InChI=1S/C13H18O6/c14-6-9-10(15)12(11(16)13(17)19-9)18-7-8-4-2-1-3-5-8/h1-5,9-17H,6-7H2/t9?,10-,11?,12-,13?/m0/s1. The first-order valence-electron chi connectivity index (χ1n) is 6.09. The van der Waals surface area contributed by atoms with Crippen molar-refractivity contribution >= 4 is 0 Å². The van der Waals surface area contributed by atoms with E-state index in [1.165, 1.54) is 0 Å². The Labute approximate surface area is 110 Å². The van der Waals surface area contributed by atoms with Gasteiger partial charge in [-0.15, -0.1) is 0 Å². The highest BCUT2D eigenvalue weighted by molar-refractivity contribution is 5.13. The van der Waals surface area contributed by atoms with Gasteiger partial charge in [-0.25, -0.2) is 0 Å². The lowest BCUT2D eigenvalue weighted by molar-refractivity contribution is -0.296. The van der Waals surface area contributed by atoms with Crippen LogP contribution in [0.3, 0.4) is 0 Å². The molecule has 0 radical (unpaired) electrons. The van der Waals surface area contributed by atoms with Gasteiger partial charge in [-0.1, -0.05) is 30.3 Å². The normalized spacial score (nSPS) is 35.3. The van der Waals surface area contributed by atoms with Gasteiger partial charge in [0.05, 0.1) is 13.2 Å². The van der Waals surface area contributed by atoms with Crippen LogP contribution in [0.1, 0.15) is 5.56 Å². The minimum Gasteiger partial charge on any atom is -0.394 e. The number of rotatable bonds is 4. The zero-order chi connectivity index (χ0) is 13.8. The van der Waals surface area contributed by atoms with Crippen molar-refractivity contribution in [1.82, 2.24) is 0 Å². The first-order chi connectivity index (χ1) is 9.13. The molecular formula is C13H18O6. The Morgan fingerprint density at radius 2 is 1.74 bits per heavy atom. The van der Waals surface area contributed by atoms with Crippen molar-refractivity contribution in [3.63, 3.8) is 0 Å². The number of hydrogen-bond acceptors (Lipinski definition) is 6. The van der Waals surface area contributed by atoms with Crippen LogP contribution in [0, 0.1) is 0 Å². The maximum absolute atomic E-state index is 9.91. The van der Waals surface area contributed by atoms with Gasteiger partial charge in [-0.2, -0.15) is 0 Å². The molecule has 0 aromatic heterocycles. The van der Waals surface area contributed by atoms with Crippen molar-refractivity contribution in [3.05, 3.63) is 35.9 Å². The summed E-state index contributed by atoms with van der Waals surface area (Å²) in [7, 11) is 0. The summed E-state index contributed by atoms with van der Waals surface area (Å²) in [6, 6.07) is 9.26. The minimum atomic E-state index is -1.48. The SMILES string of the molecule is OCC1OC(O)C(O)[C@@H](OCc2ccccc2)[C@H]1O. The van der Waals surface area contributed by atoms with Crippen LogP contribution in [0.5, 0.6) is 0 Å². The number of benzene rings is 1. The average Bonchev–Trinajstić information content (AvgIpc) is 2.44. The fraction of sp³-hybridized carbons (Fsp3) is 0.538. The lowest BCUT2D eigenvalue weighted by Crippen LogP contribution is -2.59. The van der Waals surface area contributed by atoms with E-state index in [9.17, 15) is 15.3 Å². The van der Waals surface area contributed by atoms with E-state index >= 15 is 0 Å². The molecule has 2 rings (SSSR count). The summed E-state index contributed by atoms with van der Waals surface area (Å²) in [6.07, 6.45) is -6.03. The van der Waals surface area contributed by atoms with Crippen LogP contribution in [0.15, 0.2) is 30.3 Å². The molecule has 1 heterocycles. The van der Waals surface area contributed by atoms with Gasteiger partial charge in [0, 0.05) is 0 Å². The highest BCUT2D eigenvalue weighted by atomic mass is 16.6. The quantitative estimate of drug-likeness (QED) is 0.560. The van der Waals surface area contributed by atoms with E-state index in [4.69, 9.17) is 14.6 Å². The molecule has 3 unspecified atom stereocenters. The average molecular weight is 270 g/mol. The van der Waals surface area contributed by atoms with E-state index in [1.807, 2.05) is 30.3 Å². The molecule has 1 aliphatic rings. The van der Waals surface area contributed by atoms with Crippen molar-refractivity contribution in [2.75, 3.05) is 6.61 Å². The summed E-state index contributed by atoms with van der Waals surface area (Å²) < 4.78 is 10.3. The van der Waals surface area contributed by atoms with Crippen LogP contribution in [0.4, 0.5) is 0 Å². The van der Waals surface area contributed by atoms with Gasteiger partial charge in [-0.3, -0.25) is 0 Å². The van der Waals surface area contributed by atoms with Crippen LogP contribution in [0.25, 0.3) is 0 Å². The molecule has 5 atom stereocenters. The van der Waals surface area contributed by atoms with Crippen molar-refractivity contribution in [3.8, 4) is 0 Å². The van der Waals surface area contributed by atoms with Crippen molar-refractivity contribution in [2.45, 2.75) is 37.3 Å². The van der Waals surface area contributed by atoms with E-state index in [-0.39, 0.29) is 6.61 Å². The summed E-state index contributed by atoms with van der Waals surface area (Å²) >= 11 is 0. The van der Waals surface area contributed by atoms with E-state index in [0.717, 1.165) is 5.56 Å². The topological polar surface area (TPSA) is 99.4 Å². The molecule has 1 saturated heterocycles. The van der Waals surface area contributed by atoms with Crippen molar-refractivity contribution < 1.29 is 29.9 Å². The highest BCUT2D eigenvalue weighted by Gasteiger charge is 2.44. The Balaban J connectivity index is 2.00. The third kappa shape index (κ3) is 3.30. The maximum Gasteiger partial charge on any atom is 0.184 e. The maximum atomic E-state index is 9.91. The summed E-state index contributed by atoms with van der Waals surface area (Å²) in [5, 5.41) is 38.2. The smallest absolute Gasteiger partial charge is 0.184 e. The number of hydrogen-bond donors (Lipinski definition) is 4. The molecule has 0 bridgehead atoms. The molecule has 19 heavy (non-hydrogen) atoms. The molecule has 1 aromatic rings. The van der Waals surface area contributed by atoms with Crippen LogP contribution in [-0.2, 0) is 16.1 Å². The Kier molecular flexibility index (Phi) is 4.87. The second-order valence-corrected chi connectivity index (χ2v) is 4.49. The number of aliphatic hydroxyl groups is 4. The second kappa shape index (κ2) is 6.42. The van der Waals surface area contributed by atoms with Crippen LogP contribution in [-0.4, -0.2) is 57.7 Å². The van der Waals surface area contributed by atoms with E-state index in [1.54, 1.807) is 0 Å². The summed E-state index contributed by atoms with van der Waals surface area (Å²) in [6.45, 7) is -0.277. The fourth-order valence-electron chi connectivity index (χ4n) is 2.03. The molecule has 4 N–H and O–H groups in total. The van der Waals surface area contributed by atoms with Crippen molar-refractivity contribution in [1.29, 1.82) is 0 Å². The predicted molar refractivity (Wildman–Crippen MR) is 65.0 cm³/mol. The summed E-state index contributed by atoms with van der Waals surface area (Å²) in [5.74, 6) is 0. The van der Waals surface area contributed by atoms with Gasteiger partial charge in [0.15, 0.2) is 6.29 Å². The molecule has 0 saturated carbocycles. The summed E-state index contributed by atoms with van der Waals surface area (Å²) in [5.41, 5.74) is 0.878. The molecule has 1 fully saturated rings. The molecule has 106 valence electrons. The lowest BCUT2D eigenvalue weighted by Gasteiger charge is -2.39. The van der Waals surface area contributed by atoms with Gasteiger partial charge >= 0.3 is 0 Å². The Morgan fingerprint density at radius 3 is 2.37 bits per heavy atom. The molecule has 0 aliphatic carbocycles. The van der Waals surface area contributed by atoms with Gasteiger partial charge in [0.25, 0.3) is 0 Å². The molecule has 1 aromatic carbocycles. The zero-order valence-electron chi connectivity index (χ0n) is 10.3. The molecule has 1 aliphatic heterocycles. The summed E-state index contributed by atoms with van der Waals surface area (Å²) in [4.78, 5) is 0. The molecule has 0 amide bonds. The lowest BCUT2D eigenvalue weighted by atomic mass is 9.99. The highest BCUT2D eigenvalue weighted by Crippen LogP contribution is 2.23. The van der Waals surface area contributed by atoms with E-state index in [0.29, 0.717) is 0 Å². The third-order valence-electron chi connectivity index (χ3n) is 3.13. The second-order valence-electron chi connectivity index (χ2n) is 4.49. The van der Waals surface area contributed by atoms with Crippen LogP contribution in [0.2, 0.25) is 0 Å². The van der Waals surface area contributed by atoms with Gasteiger partial charge in [0.2, 0.25) is 0 Å². The molecule has 0 spiro atoms. The van der Waals surface area contributed by atoms with E-state index in [2.05, 4.69) is 0 Å². The zero-order valence-corrected chi connectivity index (χ0v) is 10.3. The number of aliphatic hydroxyl groups excluding tert-OH is 4. The Hall–Kier alpha value is -1.02. The number of ether oxygens (including phenoxy) is 2. The molecule has 6 nitrogen and oxygen atoms in total.